The number of carbonyl (C=O) groups excluding carboxylic acids is 1. The molecule has 0 aliphatic heterocycles. The van der Waals surface area contributed by atoms with Crippen molar-refractivity contribution < 1.29 is 4.79 Å². The summed E-state index contributed by atoms with van der Waals surface area (Å²) in [6, 6.07) is 0. The van der Waals surface area contributed by atoms with E-state index in [0.717, 1.165) is 25.0 Å². The zero-order valence-corrected chi connectivity index (χ0v) is 12.1. The molecule has 3 N–H and O–H groups in total. The molecule has 2 rings (SSSR count). The second kappa shape index (κ2) is 5.33. The molecule has 19 heavy (non-hydrogen) atoms. The van der Waals surface area contributed by atoms with Crippen LogP contribution < -0.4 is 11.1 Å². The van der Waals surface area contributed by atoms with E-state index in [9.17, 15) is 4.79 Å². The number of aryl methyl sites for hydroxylation is 2. The lowest BCUT2D eigenvalue weighted by atomic mass is 9.76. The van der Waals surface area contributed by atoms with Crippen molar-refractivity contribution in [3.05, 3.63) is 17.5 Å². The molecular formula is C14H24N4O. The molecule has 1 heterocycles. The average Bonchev–Trinajstić information content (AvgIpc) is 2.68. The first kappa shape index (κ1) is 14.1. The second-order valence-electron chi connectivity index (χ2n) is 5.94. The number of aromatic nitrogens is 2. The summed E-state index contributed by atoms with van der Waals surface area (Å²) in [5.41, 5.74) is 7.10. The highest BCUT2D eigenvalue weighted by Gasteiger charge is 2.35. The van der Waals surface area contributed by atoms with Crippen LogP contribution in [0, 0.1) is 12.8 Å². The Morgan fingerprint density at radius 3 is 2.95 bits per heavy atom. The first-order chi connectivity index (χ1) is 8.96. The summed E-state index contributed by atoms with van der Waals surface area (Å²) in [5.74, 6) is 0.567. The van der Waals surface area contributed by atoms with E-state index in [-0.39, 0.29) is 11.4 Å². The lowest BCUT2D eigenvalue weighted by Gasteiger charge is -2.40. The Morgan fingerprint density at radius 2 is 2.42 bits per heavy atom. The minimum Gasteiger partial charge on any atom is -0.345 e. The van der Waals surface area contributed by atoms with Crippen LogP contribution in [-0.4, -0.2) is 27.8 Å². The van der Waals surface area contributed by atoms with Gasteiger partial charge in [0.1, 0.15) is 0 Å². The molecule has 0 spiro atoms. The predicted molar refractivity (Wildman–Crippen MR) is 74.8 cm³/mol. The zero-order chi connectivity index (χ0) is 14.0. The first-order valence-electron chi connectivity index (χ1n) is 6.98. The molecular weight excluding hydrogens is 240 g/mol. The van der Waals surface area contributed by atoms with Crippen molar-refractivity contribution >= 4 is 5.91 Å². The van der Waals surface area contributed by atoms with E-state index in [0.29, 0.717) is 18.0 Å². The third-order valence-corrected chi connectivity index (χ3v) is 4.12. The summed E-state index contributed by atoms with van der Waals surface area (Å²) >= 11 is 0. The predicted octanol–water partition coefficient (Wildman–Crippen LogP) is 1.37. The van der Waals surface area contributed by atoms with E-state index in [1.807, 2.05) is 14.0 Å². The van der Waals surface area contributed by atoms with Gasteiger partial charge in [0.2, 0.25) is 0 Å². The number of hydrogen-bond donors (Lipinski definition) is 2. The van der Waals surface area contributed by atoms with Crippen molar-refractivity contribution in [3.8, 4) is 0 Å². The molecule has 106 valence electrons. The zero-order valence-electron chi connectivity index (χ0n) is 12.1. The van der Waals surface area contributed by atoms with Crippen LogP contribution in [0.4, 0.5) is 0 Å². The maximum atomic E-state index is 12.4. The van der Waals surface area contributed by atoms with Crippen LogP contribution in [0.15, 0.2) is 6.20 Å². The molecule has 5 heteroatoms. The summed E-state index contributed by atoms with van der Waals surface area (Å²) in [5, 5.41) is 7.38. The Morgan fingerprint density at radius 1 is 1.68 bits per heavy atom. The van der Waals surface area contributed by atoms with Gasteiger partial charge in [0, 0.05) is 19.8 Å². The molecule has 2 atom stereocenters. The fourth-order valence-electron chi connectivity index (χ4n) is 3.14. The first-order valence-corrected chi connectivity index (χ1v) is 6.98. The number of rotatable bonds is 3. The fraction of sp³-hybridized carbons (Fsp3) is 0.714. The van der Waals surface area contributed by atoms with Crippen LogP contribution in [0.3, 0.4) is 0 Å². The third-order valence-electron chi connectivity index (χ3n) is 4.12. The summed E-state index contributed by atoms with van der Waals surface area (Å²) in [6.45, 7) is 4.58. The lowest BCUT2D eigenvalue weighted by molar-refractivity contribution is 0.0853. The average molecular weight is 264 g/mol. The van der Waals surface area contributed by atoms with E-state index in [1.165, 1.54) is 6.42 Å². The quantitative estimate of drug-likeness (QED) is 0.866. The number of hydrogen-bond acceptors (Lipinski definition) is 3. The van der Waals surface area contributed by atoms with Crippen LogP contribution in [0.2, 0.25) is 0 Å². The van der Waals surface area contributed by atoms with Gasteiger partial charge in [-0.15, -0.1) is 0 Å². The normalized spacial score (nSPS) is 27.3. The Bertz CT molecular complexity index is 468. The Hall–Kier alpha value is -1.36. The monoisotopic (exact) mass is 264 g/mol. The van der Waals surface area contributed by atoms with Gasteiger partial charge < -0.3 is 11.1 Å². The number of amides is 1. The van der Waals surface area contributed by atoms with Gasteiger partial charge in [0.15, 0.2) is 0 Å². The van der Waals surface area contributed by atoms with Crippen LogP contribution in [-0.2, 0) is 7.05 Å². The maximum Gasteiger partial charge on any atom is 0.255 e. The molecule has 0 bridgehead atoms. The van der Waals surface area contributed by atoms with Gasteiger partial charge in [-0.1, -0.05) is 19.8 Å². The smallest absolute Gasteiger partial charge is 0.255 e. The molecule has 1 amide bonds. The molecule has 2 unspecified atom stereocenters. The highest BCUT2D eigenvalue weighted by molar-refractivity contribution is 5.95. The molecule has 0 saturated heterocycles. The molecule has 5 nitrogen and oxygen atoms in total. The minimum absolute atomic E-state index is 0.0508. The van der Waals surface area contributed by atoms with Crippen LogP contribution in [0.5, 0.6) is 0 Å². The largest absolute Gasteiger partial charge is 0.345 e. The molecule has 1 aromatic rings. The topological polar surface area (TPSA) is 72.9 Å². The lowest BCUT2D eigenvalue weighted by Crippen LogP contribution is -2.56. The molecule has 0 radical (unpaired) electrons. The van der Waals surface area contributed by atoms with E-state index in [2.05, 4.69) is 17.3 Å². The molecule has 1 aliphatic rings. The van der Waals surface area contributed by atoms with Crippen LogP contribution in [0.25, 0.3) is 0 Å². The van der Waals surface area contributed by atoms with E-state index in [1.54, 1.807) is 10.9 Å². The van der Waals surface area contributed by atoms with Crippen molar-refractivity contribution in [1.82, 2.24) is 15.1 Å². The van der Waals surface area contributed by atoms with Gasteiger partial charge in [0.25, 0.3) is 5.91 Å². The molecule has 1 aromatic heterocycles. The van der Waals surface area contributed by atoms with Crippen molar-refractivity contribution in [2.45, 2.75) is 45.1 Å². The summed E-state index contributed by atoms with van der Waals surface area (Å²) in [7, 11) is 1.82. The SMILES string of the molecule is Cc1nn(C)cc1C(=O)NC1(CN)CCCC(C)C1. The van der Waals surface area contributed by atoms with Crippen LogP contribution >= 0.6 is 0 Å². The van der Waals surface area contributed by atoms with Crippen molar-refractivity contribution in [1.29, 1.82) is 0 Å². The summed E-state index contributed by atoms with van der Waals surface area (Å²) in [4.78, 5) is 12.4. The standard InChI is InChI=1S/C14H24N4O/c1-10-5-4-6-14(7-10,9-15)16-13(19)12-8-18(3)17-11(12)2/h8,10H,4-7,9,15H2,1-3H3,(H,16,19). The molecule has 1 aliphatic carbocycles. The highest BCUT2D eigenvalue weighted by atomic mass is 16.1. The number of nitrogens with one attached hydrogen (secondary N) is 1. The fourth-order valence-corrected chi connectivity index (χ4v) is 3.14. The number of carbonyl (C=O) groups is 1. The Kier molecular flexibility index (Phi) is 3.94. The van der Waals surface area contributed by atoms with Crippen LogP contribution in [0.1, 0.15) is 48.7 Å². The maximum absolute atomic E-state index is 12.4. The minimum atomic E-state index is -0.239. The number of nitrogens with two attached hydrogens (primary N) is 1. The third kappa shape index (κ3) is 2.97. The van der Waals surface area contributed by atoms with Crippen molar-refractivity contribution in [2.24, 2.45) is 18.7 Å². The molecule has 0 aromatic carbocycles. The summed E-state index contributed by atoms with van der Waals surface area (Å²) < 4.78 is 1.67. The van der Waals surface area contributed by atoms with E-state index >= 15 is 0 Å². The van der Waals surface area contributed by atoms with Gasteiger partial charge in [-0.3, -0.25) is 9.48 Å². The molecule has 1 saturated carbocycles. The number of nitrogens with zero attached hydrogens (tertiary/aromatic N) is 2. The van der Waals surface area contributed by atoms with Crippen molar-refractivity contribution in [3.63, 3.8) is 0 Å². The van der Waals surface area contributed by atoms with Gasteiger partial charge in [0.05, 0.1) is 16.8 Å². The van der Waals surface area contributed by atoms with Gasteiger partial charge in [-0.25, -0.2) is 0 Å². The highest BCUT2D eigenvalue weighted by Crippen LogP contribution is 2.31. The second-order valence-corrected chi connectivity index (χ2v) is 5.94. The van der Waals surface area contributed by atoms with Crippen molar-refractivity contribution in [2.75, 3.05) is 6.54 Å². The molecule has 1 fully saturated rings. The van der Waals surface area contributed by atoms with E-state index in [4.69, 9.17) is 5.73 Å². The van der Waals surface area contributed by atoms with Gasteiger partial charge in [-0.05, 0) is 25.7 Å². The Balaban J connectivity index is 2.14. The Labute approximate surface area is 114 Å². The van der Waals surface area contributed by atoms with Gasteiger partial charge in [-0.2, -0.15) is 5.10 Å². The van der Waals surface area contributed by atoms with Gasteiger partial charge >= 0.3 is 0 Å². The summed E-state index contributed by atoms with van der Waals surface area (Å²) in [6.07, 6.45) is 6.06. The van der Waals surface area contributed by atoms with E-state index < -0.39 is 0 Å².